The van der Waals surface area contributed by atoms with E-state index in [1.807, 2.05) is 0 Å². The number of hydrogen-bond donors (Lipinski definition) is 1. The maximum atomic E-state index is 9.04. The number of rotatable bonds is 0. The van der Waals surface area contributed by atoms with Gasteiger partial charge >= 0.3 is 11.9 Å². The van der Waals surface area contributed by atoms with Gasteiger partial charge in [0.15, 0.2) is 0 Å². The van der Waals surface area contributed by atoms with E-state index >= 15 is 0 Å². The lowest BCUT2D eigenvalue weighted by Gasteiger charge is -1.67. The van der Waals surface area contributed by atoms with Crippen LogP contribution in [0.5, 0.6) is 0 Å². The second-order valence-electron chi connectivity index (χ2n) is 0.593. The van der Waals surface area contributed by atoms with E-state index in [0.717, 1.165) is 0 Å². The van der Waals surface area contributed by atoms with Crippen LogP contribution in [0.15, 0.2) is 0 Å². The lowest BCUT2D eigenvalue weighted by atomic mass is 10.7. The van der Waals surface area contributed by atoms with Crippen LogP contribution in [0.25, 0.3) is 0 Å². The van der Waals surface area contributed by atoms with Gasteiger partial charge in [-0.25, -0.2) is 14.7 Å². The van der Waals surface area contributed by atoms with Gasteiger partial charge in [0.2, 0.25) is 0 Å². The van der Waals surface area contributed by atoms with Gasteiger partial charge in [0.05, 0.1) is 0 Å². The third kappa shape index (κ3) is 1.28. The van der Waals surface area contributed by atoms with E-state index in [9.17, 15) is 0 Å². The van der Waals surface area contributed by atoms with Crippen LogP contribution in [0.1, 0.15) is 0 Å². The molecule has 0 aliphatic carbocycles. The van der Waals surface area contributed by atoms with E-state index < -0.39 is 11.9 Å². The molecule has 0 aliphatic rings. The molecule has 1 N–H and O–H groups in total. The van der Waals surface area contributed by atoms with Crippen molar-refractivity contribution in [3.05, 3.63) is 0 Å². The predicted octanol–water partition coefficient (Wildman–Crippen LogP) is -0.972. The van der Waals surface area contributed by atoms with Crippen molar-refractivity contribution in [1.29, 1.82) is 0 Å². The van der Waals surface area contributed by atoms with E-state index in [0.29, 0.717) is 0 Å². The molecule has 0 spiro atoms. The van der Waals surface area contributed by atoms with E-state index in [1.54, 1.807) is 0 Å². The molecular formula is C2HO4. The van der Waals surface area contributed by atoms with Gasteiger partial charge in [0.1, 0.15) is 0 Å². The van der Waals surface area contributed by atoms with Gasteiger partial charge in [-0.15, -0.1) is 0 Å². The van der Waals surface area contributed by atoms with Gasteiger partial charge in [-0.2, -0.15) is 0 Å². The molecule has 0 aliphatic heterocycles. The van der Waals surface area contributed by atoms with E-state index in [4.69, 9.17) is 19.8 Å². The number of carboxylic acids is 1. The zero-order chi connectivity index (χ0) is 5.15. The maximum absolute atomic E-state index is 9.04. The topological polar surface area (TPSA) is 74.3 Å². The van der Waals surface area contributed by atoms with E-state index in [2.05, 4.69) is 0 Å². The molecule has 4 heteroatoms. The molecule has 0 aromatic carbocycles. The summed E-state index contributed by atoms with van der Waals surface area (Å²) in [5, 5.41) is 16.3. The normalized spacial score (nSPS) is 7.33. The predicted molar refractivity (Wildman–Crippen MR) is 13.3 cm³/mol. The number of carboxylic acid groups (broad SMARTS) is 1. The molecule has 6 heavy (non-hydrogen) atoms. The lowest BCUT2D eigenvalue weighted by Crippen LogP contribution is -2.07. The van der Waals surface area contributed by atoms with Crippen LogP contribution in [0.4, 0.5) is 0 Å². The highest BCUT2D eigenvalue weighted by Gasteiger charge is 2.07. The van der Waals surface area contributed by atoms with Gasteiger partial charge < -0.3 is 5.11 Å². The number of carbonyl (C=O) groups is 2. The summed E-state index contributed by atoms with van der Waals surface area (Å²) in [6.45, 7) is 0. The molecule has 33 valence electrons. The van der Waals surface area contributed by atoms with Gasteiger partial charge in [-0.1, -0.05) is 0 Å². The lowest BCUT2D eigenvalue weighted by molar-refractivity contribution is -0.163. The largest absolute Gasteiger partial charge is 0.473 e. The van der Waals surface area contributed by atoms with Crippen LogP contribution in [-0.4, -0.2) is 17.0 Å². The highest BCUT2D eigenvalue weighted by molar-refractivity contribution is 6.27. The van der Waals surface area contributed by atoms with Crippen molar-refractivity contribution in [3.8, 4) is 0 Å². The van der Waals surface area contributed by atoms with Gasteiger partial charge in [0, 0.05) is 0 Å². The third-order valence-corrected chi connectivity index (χ3v) is 0.175. The quantitative estimate of drug-likeness (QED) is 0.388. The van der Waals surface area contributed by atoms with Gasteiger partial charge in [-0.05, 0) is 0 Å². The average molecular weight is 89.0 g/mol. The van der Waals surface area contributed by atoms with Crippen LogP contribution in [0.3, 0.4) is 0 Å². The van der Waals surface area contributed by atoms with Crippen molar-refractivity contribution in [2.45, 2.75) is 0 Å². The maximum Gasteiger partial charge on any atom is 0.462 e. The van der Waals surface area contributed by atoms with Crippen LogP contribution in [-0.2, 0) is 14.7 Å². The van der Waals surface area contributed by atoms with E-state index in [1.165, 1.54) is 0 Å². The first-order valence-electron chi connectivity index (χ1n) is 1.09. The Morgan fingerprint density at radius 2 is 1.50 bits per heavy atom. The monoisotopic (exact) mass is 89.0 g/mol. The molecule has 0 amide bonds. The summed E-state index contributed by atoms with van der Waals surface area (Å²) in [5.41, 5.74) is 0. The summed E-state index contributed by atoms with van der Waals surface area (Å²) in [6, 6.07) is 0. The molecule has 1 radical (unpaired) electrons. The molecule has 0 bridgehead atoms. The van der Waals surface area contributed by atoms with Crippen LogP contribution in [0, 0.1) is 0 Å². The van der Waals surface area contributed by atoms with Gasteiger partial charge in [-0.3, -0.25) is 0 Å². The Morgan fingerprint density at radius 3 is 1.50 bits per heavy atom. The zero-order valence-corrected chi connectivity index (χ0v) is 2.67. The van der Waals surface area contributed by atoms with Crippen LogP contribution >= 0.6 is 0 Å². The molecule has 4 nitrogen and oxygen atoms in total. The number of carbonyl (C=O) groups excluding carboxylic acids is 1. The summed E-state index contributed by atoms with van der Waals surface area (Å²) >= 11 is 0. The third-order valence-electron chi connectivity index (χ3n) is 0.175. The summed E-state index contributed by atoms with van der Waals surface area (Å²) in [5.74, 6) is -4.01. The standard InChI is InChI=1S/C2HO4/c3-1(4)2(5)6/h(H,3,4). The Hall–Kier alpha value is -1.06. The molecule has 0 fully saturated rings. The fourth-order valence-electron chi connectivity index (χ4n) is 0. The first kappa shape index (κ1) is 4.94. The molecule has 0 atom stereocenters. The SMILES string of the molecule is [O]C(=O)C(=O)O. The number of aliphatic carboxylic acids is 1. The Bertz CT molecular complexity index is 71.5. The van der Waals surface area contributed by atoms with Crippen molar-refractivity contribution in [2.24, 2.45) is 0 Å². The minimum atomic E-state index is -2.07. The van der Waals surface area contributed by atoms with Gasteiger partial charge in [0.25, 0.3) is 0 Å². The second kappa shape index (κ2) is 1.40. The Balaban J connectivity index is 3.57. The van der Waals surface area contributed by atoms with Crippen molar-refractivity contribution in [1.82, 2.24) is 0 Å². The van der Waals surface area contributed by atoms with Crippen molar-refractivity contribution >= 4 is 11.9 Å². The molecular weight excluding hydrogens is 88.0 g/mol. The van der Waals surface area contributed by atoms with Crippen LogP contribution < -0.4 is 0 Å². The summed E-state index contributed by atoms with van der Waals surface area (Å²) in [7, 11) is 0. The molecule has 0 saturated heterocycles. The first-order valence-corrected chi connectivity index (χ1v) is 1.09. The molecule has 0 aromatic rings. The summed E-state index contributed by atoms with van der Waals surface area (Å²) in [4.78, 5) is 18.0. The summed E-state index contributed by atoms with van der Waals surface area (Å²) in [6.07, 6.45) is 0. The van der Waals surface area contributed by atoms with E-state index in [-0.39, 0.29) is 0 Å². The fourth-order valence-corrected chi connectivity index (χ4v) is 0. The zero-order valence-electron chi connectivity index (χ0n) is 2.67. The average Bonchev–Trinajstić information content (AvgIpc) is 1.36. The summed E-state index contributed by atoms with van der Waals surface area (Å²) < 4.78 is 0. The molecule has 0 unspecified atom stereocenters. The fraction of sp³-hybridized carbons (Fsp3) is 0. The van der Waals surface area contributed by atoms with Crippen LogP contribution in [0.2, 0.25) is 0 Å². The Morgan fingerprint density at radius 1 is 1.33 bits per heavy atom. The van der Waals surface area contributed by atoms with Crippen molar-refractivity contribution in [2.75, 3.05) is 0 Å². The van der Waals surface area contributed by atoms with Crippen molar-refractivity contribution < 1.29 is 19.8 Å². The Kier molecular flexibility index (Phi) is 1.15. The smallest absolute Gasteiger partial charge is 0.462 e. The minimum absolute atomic E-state index is 1.94. The molecule has 0 saturated carbocycles. The number of hydrogen-bond acceptors (Lipinski definition) is 2. The molecule has 0 heterocycles. The van der Waals surface area contributed by atoms with Crippen molar-refractivity contribution in [3.63, 3.8) is 0 Å². The highest BCUT2D eigenvalue weighted by Crippen LogP contribution is 1.58. The minimum Gasteiger partial charge on any atom is -0.473 e. The second-order valence-corrected chi connectivity index (χ2v) is 0.593. The first-order chi connectivity index (χ1) is 2.64. The molecule has 0 aromatic heterocycles. The highest BCUT2D eigenvalue weighted by atomic mass is 16.4. The molecule has 0 rings (SSSR count). The Labute approximate surface area is 33.0 Å².